The van der Waals surface area contributed by atoms with Crippen LogP contribution in [0.1, 0.15) is 30.9 Å². The summed E-state index contributed by atoms with van der Waals surface area (Å²) in [6.45, 7) is 0.585. The molecule has 5 aromatic rings. The van der Waals surface area contributed by atoms with E-state index in [2.05, 4.69) is 53.1 Å². The highest BCUT2D eigenvalue weighted by molar-refractivity contribution is 6.50. The molecule has 0 unspecified atom stereocenters. The summed E-state index contributed by atoms with van der Waals surface area (Å²) >= 11 is 0. The molecule has 1 heterocycles. The molecule has 11 heteroatoms. The van der Waals surface area contributed by atoms with Gasteiger partial charge in [-0.1, -0.05) is 48.5 Å². The smallest absolute Gasteiger partial charge is 0.496 e. The summed E-state index contributed by atoms with van der Waals surface area (Å²) in [5.41, 5.74) is 5.12. The van der Waals surface area contributed by atoms with E-state index in [0.717, 1.165) is 63.7 Å². The number of ether oxygens (including phenoxy) is 5. The second-order valence-corrected chi connectivity index (χ2v) is 10.8. The highest BCUT2D eigenvalue weighted by Gasteiger charge is 2.40. The monoisotopic (exact) mass is 637 g/mol. The number of hydrogen-bond donors (Lipinski definition) is 0. The highest BCUT2D eigenvalue weighted by Crippen LogP contribution is 2.49. The van der Waals surface area contributed by atoms with Crippen molar-refractivity contribution in [3.05, 3.63) is 90.5 Å². The van der Waals surface area contributed by atoms with Crippen molar-refractivity contribution in [3.63, 3.8) is 0 Å². The summed E-state index contributed by atoms with van der Waals surface area (Å²) < 4.78 is 72.0. The molecule has 1 aliphatic rings. The topological polar surface area (TPSA) is 50.0 Å². The lowest BCUT2D eigenvalue weighted by Gasteiger charge is -2.23. The third-order valence-electron chi connectivity index (χ3n) is 8.20. The van der Waals surface area contributed by atoms with E-state index in [1.54, 1.807) is 28.4 Å². The van der Waals surface area contributed by atoms with Gasteiger partial charge in [0, 0.05) is 24.1 Å². The molecule has 6 rings (SSSR count). The van der Waals surface area contributed by atoms with Crippen molar-refractivity contribution < 1.29 is 45.5 Å². The van der Waals surface area contributed by atoms with E-state index in [1.807, 2.05) is 36.4 Å². The van der Waals surface area contributed by atoms with Gasteiger partial charge in [0.05, 0.1) is 51.4 Å². The number of benzene rings is 4. The minimum absolute atomic E-state index is 0.0654. The molecule has 0 aliphatic heterocycles. The van der Waals surface area contributed by atoms with Crippen LogP contribution in [0, 0.1) is 0 Å². The molecule has 0 N–H and O–H groups in total. The van der Waals surface area contributed by atoms with E-state index in [0.29, 0.717) is 18.1 Å². The Bertz CT molecular complexity index is 1710. The SMILES string of the molecule is COc1cccc(OC)c1-c1c2c(OC)cccc2[n+]([C@H]2CCC[C@@H]2OCc2ccccc2)c2cccc(OC)c12.F[B-](F)(F)F. The number of halogens is 4. The Hall–Kier alpha value is -4.51. The third-order valence-corrected chi connectivity index (χ3v) is 8.20. The van der Waals surface area contributed by atoms with Gasteiger partial charge in [0.25, 0.3) is 0 Å². The second kappa shape index (κ2) is 14.3. The fraction of sp³-hybridized carbons (Fsp3) is 0.286. The number of nitrogens with zero attached hydrogens (tertiary/aromatic N) is 1. The third kappa shape index (κ3) is 6.84. The normalized spacial score (nSPS) is 16.2. The predicted octanol–water partition coefficient (Wildman–Crippen LogP) is 8.59. The van der Waals surface area contributed by atoms with Gasteiger partial charge in [-0.15, -0.1) is 0 Å². The maximum absolute atomic E-state index is 9.75. The zero-order valence-electron chi connectivity index (χ0n) is 26.1. The van der Waals surface area contributed by atoms with Crippen molar-refractivity contribution in [2.75, 3.05) is 28.4 Å². The number of hydrogen-bond acceptors (Lipinski definition) is 5. The van der Waals surface area contributed by atoms with Gasteiger partial charge >= 0.3 is 7.25 Å². The van der Waals surface area contributed by atoms with Crippen LogP contribution >= 0.6 is 0 Å². The molecule has 0 saturated heterocycles. The van der Waals surface area contributed by atoms with Crippen LogP contribution in [0.3, 0.4) is 0 Å². The quantitative estimate of drug-likeness (QED) is 0.0702. The number of methoxy groups -OCH3 is 4. The van der Waals surface area contributed by atoms with Gasteiger partial charge in [-0.25, -0.2) is 0 Å². The van der Waals surface area contributed by atoms with Crippen LogP contribution in [0.2, 0.25) is 0 Å². The van der Waals surface area contributed by atoms with Crippen LogP contribution < -0.4 is 23.5 Å². The lowest BCUT2D eigenvalue weighted by atomic mass is 9.92. The van der Waals surface area contributed by atoms with Gasteiger partial charge in [0.15, 0.2) is 6.04 Å². The number of aromatic nitrogens is 1. The Balaban J connectivity index is 0.000000775. The lowest BCUT2D eigenvalue weighted by Crippen LogP contribution is -2.45. The number of fused-ring (bicyclic) bond motifs is 2. The molecule has 1 saturated carbocycles. The zero-order chi connectivity index (χ0) is 32.8. The maximum atomic E-state index is 9.75. The van der Waals surface area contributed by atoms with Crippen molar-refractivity contribution >= 4 is 29.1 Å². The molecule has 0 radical (unpaired) electrons. The summed E-state index contributed by atoms with van der Waals surface area (Å²) in [5, 5.41) is 1.95. The fourth-order valence-corrected chi connectivity index (χ4v) is 6.42. The average Bonchev–Trinajstić information content (AvgIpc) is 3.53. The van der Waals surface area contributed by atoms with Crippen LogP contribution in [0.15, 0.2) is 84.9 Å². The first-order valence-corrected chi connectivity index (χ1v) is 14.9. The van der Waals surface area contributed by atoms with E-state index in [9.17, 15) is 17.3 Å². The summed E-state index contributed by atoms with van der Waals surface area (Å²) in [4.78, 5) is 0. The van der Waals surface area contributed by atoms with Crippen molar-refractivity contribution in [1.29, 1.82) is 0 Å². The second-order valence-electron chi connectivity index (χ2n) is 10.8. The largest absolute Gasteiger partial charge is 0.673 e. The molecule has 242 valence electrons. The first kappa shape index (κ1) is 32.9. The molecule has 1 aromatic heterocycles. The minimum atomic E-state index is -6.00. The van der Waals surface area contributed by atoms with Crippen LogP contribution in [-0.2, 0) is 11.3 Å². The zero-order valence-corrected chi connectivity index (χ0v) is 26.1. The molecule has 0 bridgehead atoms. The highest BCUT2D eigenvalue weighted by atomic mass is 19.5. The van der Waals surface area contributed by atoms with Crippen molar-refractivity contribution in [2.24, 2.45) is 0 Å². The minimum Gasteiger partial charge on any atom is -0.496 e. The Kier molecular flexibility index (Phi) is 10.2. The maximum Gasteiger partial charge on any atom is 0.673 e. The molecule has 0 spiro atoms. The van der Waals surface area contributed by atoms with Gasteiger partial charge < -0.3 is 40.9 Å². The summed E-state index contributed by atoms with van der Waals surface area (Å²) in [5.74, 6) is 2.97. The molecule has 1 fully saturated rings. The summed E-state index contributed by atoms with van der Waals surface area (Å²) in [6, 6.07) is 28.9. The Morgan fingerprint density at radius 1 is 0.609 bits per heavy atom. The molecular weight excluding hydrogens is 601 g/mol. The van der Waals surface area contributed by atoms with Crippen LogP contribution in [0.4, 0.5) is 17.3 Å². The van der Waals surface area contributed by atoms with Gasteiger partial charge in [0.1, 0.15) is 29.1 Å². The number of rotatable bonds is 9. The first-order chi connectivity index (χ1) is 22.2. The first-order valence-electron chi connectivity index (χ1n) is 14.9. The fourth-order valence-electron chi connectivity index (χ4n) is 6.42. The van der Waals surface area contributed by atoms with Crippen LogP contribution in [-0.4, -0.2) is 41.8 Å². The van der Waals surface area contributed by atoms with Crippen molar-refractivity contribution in [3.8, 4) is 34.1 Å². The average molecular weight is 637 g/mol. The van der Waals surface area contributed by atoms with Crippen molar-refractivity contribution in [2.45, 2.75) is 38.0 Å². The Morgan fingerprint density at radius 2 is 1.09 bits per heavy atom. The number of pyridine rings is 1. The lowest BCUT2D eigenvalue weighted by molar-refractivity contribution is -0.680. The van der Waals surface area contributed by atoms with E-state index in [-0.39, 0.29) is 12.1 Å². The van der Waals surface area contributed by atoms with Gasteiger partial charge in [-0.2, -0.15) is 4.57 Å². The summed E-state index contributed by atoms with van der Waals surface area (Å²) in [6.07, 6.45) is 3.18. The molecule has 6 nitrogen and oxygen atoms in total. The van der Waals surface area contributed by atoms with Crippen LogP contribution in [0.5, 0.6) is 23.0 Å². The van der Waals surface area contributed by atoms with Gasteiger partial charge in [0.2, 0.25) is 11.0 Å². The standard InChI is InChI=1S/C35H36NO5.BF4/c1-37-28-18-9-15-25-32(28)35(34-30(39-3)20-11-21-31(34)40-4)33-26(16-10-19-29(33)38-2)36(25)24-14-8-17-27(24)41-22-23-12-6-5-7-13-23;2-1(3,4)5/h5-7,9-13,15-16,18-21,24,27H,8,14,17,22H2,1-4H3;/q+1;-1/t24-,27-;/m0./s1. The molecule has 4 aromatic carbocycles. The van der Waals surface area contributed by atoms with E-state index in [4.69, 9.17) is 23.7 Å². The molecule has 2 atom stereocenters. The summed E-state index contributed by atoms with van der Waals surface area (Å²) in [7, 11) is 0.813. The Labute approximate surface area is 265 Å². The molecule has 46 heavy (non-hydrogen) atoms. The predicted molar refractivity (Wildman–Crippen MR) is 171 cm³/mol. The van der Waals surface area contributed by atoms with E-state index < -0.39 is 7.25 Å². The molecule has 0 amide bonds. The van der Waals surface area contributed by atoms with E-state index >= 15 is 0 Å². The van der Waals surface area contributed by atoms with Gasteiger partial charge in [-0.3, -0.25) is 0 Å². The van der Waals surface area contributed by atoms with Gasteiger partial charge in [-0.05, 0) is 42.7 Å². The molecular formula is C35H36BF4NO5. The van der Waals surface area contributed by atoms with Crippen molar-refractivity contribution in [1.82, 2.24) is 0 Å². The van der Waals surface area contributed by atoms with E-state index in [1.165, 1.54) is 5.56 Å². The molecule has 1 aliphatic carbocycles. The Morgan fingerprint density at radius 3 is 1.59 bits per heavy atom. The van der Waals surface area contributed by atoms with Crippen LogP contribution in [0.25, 0.3) is 32.9 Å².